The molecule has 5 heteroatoms. The molecule has 0 fully saturated rings. The molecule has 0 bridgehead atoms. The van der Waals surface area contributed by atoms with Gasteiger partial charge in [-0.2, -0.15) is 0 Å². The minimum Gasteiger partial charge on any atom is -0.383 e. The van der Waals surface area contributed by atoms with Crippen LogP contribution in [0.4, 0.5) is 0 Å². The van der Waals surface area contributed by atoms with Crippen molar-refractivity contribution in [3.05, 3.63) is 34.9 Å². The molecular formula is C12H15BrClNO2. The summed E-state index contributed by atoms with van der Waals surface area (Å²) >= 11 is 9.38. The van der Waals surface area contributed by atoms with E-state index < -0.39 is 0 Å². The molecule has 0 spiro atoms. The maximum absolute atomic E-state index is 11.7. The van der Waals surface area contributed by atoms with Crippen LogP contribution in [0.2, 0.25) is 5.02 Å². The zero-order valence-corrected chi connectivity index (χ0v) is 11.9. The smallest absolute Gasteiger partial charge is 0.234 e. The third-order valence-electron chi connectivity index (χ3n) is 2.25. The van der Waals surface area contributed by atoms with Gasteiger partial charge in [-0.3, -0.25) is 4.79 Å². The Morgan fingerprint density at radius 3 is 2.88 bits per heavy atom. The first-order valence-electron chi connectivity index (χ1n) is 5.29. The highest BCUT2D eigenvalue weighted by Gasteiger charge is 2.15. The zero-order valence-electron chi connectivity index (χ0n) is 9.58. The fourth-order valence-electron chi connectivity index (χ4n) is 1.34. The SMILES string of the molecule is COCCNC(=O)C(Br)Cc1ccccc1Cl. The van der Waals surface area contributed by atoms with Gasteiger partial charge in [-0.25, -0.2) is 0 Å². The quantitative estimate of drug-likeness (QED) is 0.646. The summed E-state index contributed by atoms with van der Waals surface area (Å²) < 4.78 is 4.86. The Balaban J connectivity index is 2.46. The highest BCUT2D eigenvalue weighted by molar-refractivity contribution is 9.10. The van der Waals surface area contributed by atoms with E-state index in [1.165, 1.54) is 0 Å². The first-order valence-corrected chi connectivity index (χ1v) is 6.58. The standard InChI is InChI=1S/C12H15BrClNO2/c1-17-7-6-15-12(16)10(13)8-9-4-2-3-5-11(9)14/h2-5,10H,6-8H2,1H3,(H,15,16). The van der Waals surface area contributed by atoms with Crippen LogP contribution in [-0.4, -0.2) is 31.0 Å². The molecule has 0 heterocycles. The molecule has 0 aliphatic carbocycles. The Morgan fingerprint density at radius 1 is 1.53 bits per heavy atom. The van der Waals surface area contributed by atoms with Crippen LogP contribution in [0.5, 0.6) is 0 Å². The summed E-state index contributed by atoms with van der Waals surface area (Å²) in [5.41, 5.74) is 0.956. The van der Waals surface area contributed by atoms with Gasteiger partial charge < -0.3 is 10.1 Å². The minimum absolute atomic E-state index is 0.0537. The lowest BCUT2D eigenvalue weighted by atomic mass is 10.1. The maximum Gasteiger partial charge on any atom is 0.234 e. The number of nitrogens with one attached hydrogen (secondary N) is 1. The molecule has 1 N–H and O–H groups in total. The fourth-order valence-corrected chi connectivity index (χ4v) is 2.06. The van der Waals surface area contributed by atoms with Crippen molar-refractivity contribution in [3.63, 3.8) is 0 Å². The van der Waals surface area contributed by atoms with Crippen molar-refractivity contribution in [2.75, 3.05) is 20.3 Å². The number of benzene rings is 1. The summed E-state index contributed by atoms with van der Waals surface area (Å²) in [7, 11) is 1.60. The van der Waals surface area contributed by atoms with E-state index in [1.807, 2.05) is 24.3 Å². The number of halogens is 2. The van der Waals surface area contributed by atoms with Crippen LogP contribution in [0.25, 0.3) is 0 Å². The van der Waals surface area contributed by atoms with E-state index >= 15 is 0 Å². The molecule has 1 atom stereocenters. The molecule has 3 nitrogen and oxygen atoms in total. The zero-order chi connectivity index (χ0) is 12.7. The first kappa shape index (κ1) is 14.5. The topological polar surface area (TPSA) is 38.3 Å². The summed E-state index contributed by atoms with van der Waals surface area (Å²) in [6.45, 7) is 1.03. The normalized spacial score (nSPS) is 12.2. The average Bonchev–Trinajstić information content (AvgIpc) is 2.32. The van der Waals surface area contributed by atoms with Crippen LogP contribution in [0.15, 0.2) is 24.3 Å². The Bertz CT molecular complexity index is 373. The lowest BCUT2D eigenvalue weighted by Crippen LogP contribution is -2.34. The third kappa shape index (κ3) is 5.06. The van der Waals surface area contributed by atoms with Gasteiger partial charge in [0.05, 0.1) is 11.4 Å². The molecule has 1 aromatic rings. The Morgan fingerprint density at radius 2 is 2.24 bits per heavy atom. The van der Waals surface area contributed by atoms with Crippen LogP contribution in [0.1, 0.15) is 5.56 Å². The third-order valence-corrected chi connectivity index (χ3v) is 3.36. The van der Waals surface area contributed by atoms with Gasteiger partial charge in [0.25, 0.3) is 0 Å². The predicted octanol–water partition coefficient (Wildman–Crippen LogP) is 2.41. The van der Waals surface area contributed by atoms with E-state index in [9.17, 15) is 4.79 Å². The fraction of sp³-hybridized carbons (Fsp3) is 0.417. The Hall–Kier alpha value is -0.580. The van der Waals surface area contributed by atoms with E-state index in [0.29, 0.717) is 24.6 Å². The average molecular weight is 321 g/mol. The van der Waals surface area contributed by atoms with E-state index in [4.69, 9.17) is 16.3 Å². The number of rotatable bonds is 6. The number of carbonyl (C=O) groups excluding carboxylic acids is 1. The Kier molecular flexibility index (Phi) is 6.55. The van der Waals surface area contributed by atoms with Gasteiger partial charge in [0.1, 0.15) is 0 Å². The molecule has 0 aliphatic rings. The summed E-state index contributed by atoms with van der Waals surface area (Å²) in [5.74, 6) is -0.0537. The second-order valence-corrected chi connectivity index (χ2v) is 5.06. The lowest BCUT2D eigenvalue weighted by molar-refractivity contribution is -0.120. The van der Waals surface area contributed by atoms with Crippen molar-refractivity contribution in [2.24, 2.45) is 0 Å². The lowest BCUT2D eigenvalue weighted by Gasteiger charge is -2.11. The molecule has 0 radical (unpaired) electrons. The predicted molar refractivity (Wildman–Crippen MR) is 72.8 cm³/mol. The second-order valence-electron chi connectivity index (χ2n) is 3.55. The van der Waals surface area contributed by atoms with E-state index in [1.54, 1.807) is 7.11 Å². The van der Waals surface area contributed by atoms with E-state index in [2.05, 4.69) is 21.2 Å². The van der Waals surface area contributed by atoms with Gasteiger partial charge in [0.15, 0.2) is 0 Å². The molecule has 94 valence electrons. The van der Waals surface area contributed by atoms with Crippen molar-refractivity contribution in [2.45, 2.75) is 11.2 Å². The van der Waals surface area contributed by atoms with Gasteiger partial charge in [-0.1, -0.05) is 45.7 Å². The van der Waals surface area contributed by atoms with Crippen LogP contribution >= 0.6 is 27.5 Å². The van der Waals surface area contributed by atoms with Crippen LogP contribution < -0.4 is 5.32 Å². The molecule has 0 saturated carbocycles. The highest BCUT2D eigenvalue weighted by atomic mass is 79.9. The van der Waals surface area contributed by atoms with Crippen molar-refractivity contribution < 1.29 is 9.53 Å². The molecular weight excluding hydrogens is 305 g/mol. The summed E-state index contributed by atoms with van der Waals surface area (Å²) in [5, 5.41) is 3.45. The number of amides is 1. The summed E-state index contributed by atoms with van der Waals surface area (Å²) in [4.78, 5) is 11.4. The Labute approximate surface area is 115 Å². The van der Waals surface area contributed by atoms with E-state index in [0.717, 1.165) is 5.56 Å². The van der Waals surface area contributed by atoms with Crippen molar-refractivity contribution >= 4 is 33.4 Å². The molecule has 0 aromatic heterocycles. The summed E-state index contributed by atoms with van der Waals surface area (Å²) in [6, 6.07) is 7.51. The monoisotopic (exact) mass is 319 g/mol. The minimum atomic E-state index is -0.278. The number of carbonyl (C=O) groups is 1. The maximum atomic E-state index is 11.7. The second kappa shape index (κ2) is 7.69. The van der Waals surface area contributed by atoms with Crippen LogP contribution in [0.3, 0.4) is 0 Å². The number of ether oxygens (including phenoxy) is 1. The number of alkyl halides is 1. The number of methoxy groups -OCH3 is 1. The number of hydrogen-bond donors (Lipinski definition) is 1. The highest BCUT2D eigenvalue weighted by Crippen LogP contribution is 2.19. The first-order chi connectivity index (χ1) is 8.15. The van der Waals surface area contributed by atoms with Gasteiger partial charge in [0, 0.05) is 18.7 Å². The molecule has 17 heavy (non-hydrogen) atoms. The molecule has 1 rings (SSSR count). The van der Waals surface area contributed by atoms with Gasteiger partial charge in [-0.05, 0) is 18.1 Å². The molecule has 1 unspecified atom stereocenters. The molecule has 1 aromatic carbocycles. The van der Waals surface area contributed by atoms with Crippen LogP contribution in [0, 0.1) is 0 Å². The van der Waals surface area contributed by atoms with Gasteiger partial charge in [-0.15, -0.1) is 0 Å². The van der Waals surface area contributed by atoms with Crippen LogP contribution in [-0.2, 0) is 16.0 Å². The largest absolute Gasteiger partial charge is 0.383 e. The summed E-state index contributed by atoms with van der Waals surface area (Å²) in [6.07, 6.45) is 0.568. The molecule has 0 saturated heterocycles. The molecule has 0 aliphatic heterocycles. The van der Waals surface area contributed by atoms with Crippen molar-refractivity contribution in [1.82, 2.24) is 5.32 Å². The van der Waals surface area contributed by atoms with Crippen molar-refractivity contribution in [1.29, 1.82) is 0 Å². The molecule has 1 amide bonds. The van der Waals surface area contributed by atoms with Gasteiger partial charge in [0.2, 0.25) is 5.91 Å². The van der Waals surface area contributed by atoms with Gasteiger partial charge >= 0.3 is 0 Å². The number of hydrogen-bond acceptors (Lipinski definition) is 2. The van der Waals surface area contributed by atoms with E-state index in [-0.39, 0.29) is 10.7 Å². The van der Waals surface area contributed by atoms with Crippen molar-refractivity contribution in [3.8, 4) is 0 Å².